The minimum absolute atomic E-state index is 0.000459. The molecule has 0 spiro atoms. The molecule has 2 nitrogen and oxygen atoms in total. The molecule has 0 amide bonds. The lowest BCUT2D eigenvalue weighted by Gasteiger charge is -2.31. The van der Waals surface area contributed by atoms with E-state index >= 15 is 0 Å². The molecule has 0 aromatic heterocycles. The van der Waals surface area contributed by atoms with Crippen LogP contribution in [0.4, 0.5) is 4.39 Å². The zero-order chi connectivity index (χ0) is 13.8. The summed E-state index contributed by atoms with van der Waals surface area (Å²) in [5.74, 6) is -0.299. The molecule has 0 saturated carbocycles. The van der Waals surface area contributed by atoms with Crippen LogP contribution in [-0.4, -0.2) is 17.8 Å². The van der Waals surface area contributed by atoms with Gasteiger partial charge in [-0.05, 0) is 24.0 Å². The smallest absolute Gasteiger partial charge is 0.129 e. The average Bonchev–Trinajstić information content (AvgIpc) is 2.25. The highest BCUT2D eigenvalue weighted by Crippen LogP contribution is 2.24. The zero-order valence-electron chi connectivity index (χ0n) is 11.1. The van der Waals surface area contributed by atoms with E-state index in [-0.39, 0.29) is 23.9 Å². The highest BCUT2D eigenvalue weighted by Gasteiger charge is 2.24. The van der Waals surface area contributed by atoms with Crippen LogP contribution in [0, 0.1) is 11.2 Å². The highest BCUT2D eigenvalue weighted by atomic mass is 35.5. The van der Waals surface area contributed by atoms with Gasteiger partial charge in [0.15, 0.2) is 0 Å². The molecule has 18 heavy (non-hydrogen) atoms. The minimum atomic E-state index is -0.299. The van der Waals surface area contributed by atoms with Gasteiger partial charge in [-0.25, -0.2) is 4.39 Å². The van der Waals surface area contributed by atoms with Gasteiger partial charge in [-0.15, -0.1) is 0 Å². The molecule has 4 heteroatoms. The molecule has 1 rings (SSSR count). The summed E-state index contributed by atoms with van der Waals surface area (Å²) >= 11 is 5.97. The van der Waals surface area contributed by atoms with Crippen LogP contribution >= 0.6 is 11.6 Å². The molecule has 1 unspecified atom stereocenters. The number of halogens is 2. The normalized spacial score (nSPS) is 13.7. The van der Waals surface area contributed by atoms with Crippen molar-refractivity contribution in [3.05, 3.63) is 34.6 Å². The molecule has 0 aliphatic rings. The number of nitrogens with one attached hydrogen (secondary N) is 1. The molecule has 0 aliphatic heterocycles. The van der Waals surface area contributed by atoms with E-state index in [1.165, 1.54) is 6.07 Å². The Labute approximate surface area is 113 Å². The van der Waals surface area contributed by atoms with Crippen molar-refractivity contribution in [3.63, 3.8) is 0 Å². The van der Waals surface area contributed by atoms with Gasteiger partial charge in [0.1, 0.15) is 5.82 Å². The number of aliphatic hydroxyl groups is 1. The van der Waals surface area contributed by atoms with Crippen LogP contribution in [0.25, 0.3) is 0 Å². The van der Waals surface area contributed by atoms with Crippen molar-refractivity contribution in [1.82, 2.24) is 5.32 Å². The van der Waals surface area contributed by atoms with Crippen LogP contribution in [0.5, 0.6) is 0 Å². The Morgan fingerprint density at radius 1 is 1.39 bits per heavy atom. The Hall–Kier alpha value is -0.640. The third-order valence-corrected chi connectivity index (χ3v) is 3.40. The summed E-state index contributed by atoms with van der Waals surface area (Å²) in [6, 6.07) is 4.79. The fraction of sp³-hybridized carbons (Fsp3) is 0.571. The second-order valence-electron chi connectivity index (χ2n) is 5.51. The first-order chi connectivity index (χ1) is 8.36. The van der Waals surface area contributed by atoms with Gasteiger partial charge in [0.25, 0.3) is 0 Å². The SMILES string of the molecule is CC(C)(C)C(CCO)NCc1c(F)cccc1Cl. The van der Waals surface area contributed by atoms with Gasteiger partial charge in [-0.2, -0.15) is 0 Å². The molecule has 2 N–H and O–H groups in total. The predicted molar refractivity (Wildman–Crippen MR) is 73.2 cm³/mol. The van der Waals surface area contributed by atoms with Crippen molar-refractivity contribution in [2.75, 3.05) is 6.61 Å². The van der Waals surface area contributed by atoms with Crippen LogP contribution in [0.2, 0.25) is 5.02 Å². The van der Waals surface area contributed by atoms with E-state index in [1.807, 2.05) is 0 Å². The molecule has 102 valence electrons. The minimum Gasteiger partial charge on any atom is -0.396 e. The summed E-state index contributed by atoms with van der Waals surface area (Å²) in [5.41, 5.74) is 0.479. The van der Waals surface area contributed by atoms with Gasteiger partial charge in [-0.1, -0.05) is 38.4 Å². The number of rotatable bonds is 5. The Bertz CT molecular complexity index is 370. The predicted octanol–water partition coefficient (Wildman–Crippen LogP) is 3.37. The van der Waals surface area contributed by atoms with Crippen molar-refractivity contribution in [3.8, 4) is 0 Å². The maximum atomic E-state index is 13.6. The lowest BCUT2D eigenvalue weighted by Crippen LogP contribution is -2.40. The fourth-order valence-corrected chi connectivity index (χ4v) is 2.13. The van der Waals surface area contributed by atoms with Crippen molar-refractivity contribution in [1.29, 1.82) is 0 Å². The van der Waals surface area contributed by atoms with Gasteiger partial charge < -0.3 is 10.4 Å². The summed E-state index contributed by atoms with van der Waals surface area (Å²) in [4.78, 5) is 0. The second-order valence-corrected chi connectivity index (χ2v) is 5.92. The molecule has 0 fully saturated rings. The van der Waals surface area contributed by atoms with E-state index < -0.39 is 0 Å². The molecule has 0 heterocycles. The van der Waals surface area contributed by atoms with Crippen LogP contribution in [0.15, 0.2) is 18.2 Å². The van der Waals surface area contributed by atoms with E-state index in [1.54, 1.807) is 12.1 Å². The third kappa shape index (κ3) is 4.23. The van der Waals surface area contributed by atoms with Gasteiger partial charge in [-0.3, -0.25) is 0 Å². The maximum Gasteiger partial charge on any atom is 0.129 e. The highest BCUT2D eigenvalue weighted by molar-refractivity contribution is 6.31. The Balaban J connectivity index is 2.73. The zero-order valence-corrected chi connectivity index (χ0v) is 11.9. The van der Waals surface area contributed by atoms with Gasteiger partial charge >= 0.3 is 0 Å². The van der Waals surface area contributed by atoms with Crippen LogP contribution in [0.1, 0.15) is 32.8 Å². The van der Waals surface area contributed by atoms with Crippen LogP contribution in [-0.2, 0) is 6.54 Å². The molecule has 1 aromatic carbocycles. The fourth-order valence-electron chi connectivity index (χ4n) is 1.90. The summed E-state index contributed by atoms with van der Waals surface area (Å²) in [5, 5.41) is 12.8. The molecular formula is C14H21ClFNO. The molecule has 0 aliphatic carbocycles. The monoisotopic (exact) mass is 273 g/mol. The summed E-state index contributed by atoms with van der Waals surface area (Å²) in [6.45, 7) is 6.74. The quantitative estimate of drug-likeness (QED) is 0.862. The first-order valence-corrected chi connectivity index (χ1v) is 6.51. The summed E-state index contributed by atoms with van der Waals surface area (Å²) in [6.07, 6.45) is 0.634. The van der Waals surface area contributed by atoms with Gasteiger partial charge in [0, 0.05) is 29.8 Å². The Kier molecular flexibility index (Phi) is 5.57. The van der Waals surface area contributed by atoms with Crippen molar-refractivity contribution in [2.24, 2.45) is 5.41 Å². The van der Waals surface area contributed by atoms with Crippen LogP contribution in [0.3, 0.4) is 0 Å². The molecule has 0 radical (unpaired) electrons. The number of benzene rings is 1. The first-order valence-electron chi connectivity index (χ1n) is 6.13. The third-order valence-electron chi connectivity index (χ3n) is 3.05. The van der Waals surface area contributed by atoms with E-state index in [0.29, 0.717) is 23.6 Å². The summed E-state index contributed by atoms with van der Waals surface area (Å²) < 4.78 is 13.6. The van der Waals surface area contributed by atoms with E-state index in [9.17, 15) is 4.39 Å². The van der Waals surface area contributed by atoms with E-state index in [2.05, 4.69) is 26.1 Å². The standard InChI is InChI=1S/C14H21ClFNO/c1-14(2,3)13(7-8-18)17-9-10-11(15)5-4-6-12(10)16/h4-6,13,17-18H,7-9H2,1-3H3. The number of hydrogen-bond acceptors (Lipinski definition) is 2. The molecular weight excluding hydrogens is 253 g/mol. The van der Waals surface area contributed by atoms with Crippen molar-refractivity contribution >= 4 is 11.6 Å². The first kappa shape index (κ1) is 15.4. The lowest BCUT2D eigenvalue weighted by atomic mass is 9.85. The second kappa shape index (κ2) is 6.50. The lowest BCUT2D eigenvalue weighted by molar-refractivity contribution is 0.196. The maximum absolute atomic E-state index is 13.6. The average molecular weight is 274 g/mol. The number of aliphatic hydroxyl groups excluding tert-OH is 1. The van der Waals surface area contributed by atoms with Gasteiger partial charge in [0.05, 0.1) is 0 Å². The van der Waals surface area contributed by atoms with E-state index in [0.717, 1.165) is 0 Å². The Morgan fingerprint density at radius 3 is 2.56 bits per heavy atom. The molecule has 0 bridgehead atoms. The summed E-state index contributed by atoms with van der Waals surface area (Å²) in [7, 11) is 0. The Morgan fingerprint density at radius 2 is 2.06 bits per heavy atom. The topological polar surface area (TPSA) is 32.3 Å². The molecule has 1 atom stereocenters. The van der Waals surface area contributed by atoms with Crippen LogP contribution < -0.4 is 5.32 Å². The van der Waals surface area contributed by atoms with Crippen molar-refractivity contribution < 1.29 is 9.50 Å². The van der Waals surface area contributed by atoms with E-state index in [4.69, 9.17) is 16.7 Å². The molecule has 0 saturated heterocycles. The molecule has 1 aromatic rings. The largest absolute Gasteiger partial charge is 0.396 e. The number of hydrogen-bond donors (Lipinski definition) is 2. The van der Waals surface area contributed by atoms with Crippen molar-refractivity contribution in [2.45, 2.75) is 39.8 Å². The van der Waals surface area contributed by atoms with Gasteiger partial charge in [0.2, 0.25) is 0 Å².